The number of allylic oxidation sites excluding steroid dienone is 2. The summed E-state index contributed by atoms with van der Waals surface area (Å²) in [4.78, 5) is 27.1. The average molecular weight is 446 g/mol. The van der Waals surface area contributed by atoms with Crippen molar-refractivity contribution in [1.29, 1.82) is 0 Å². The molecule has 0 radical (unpaired) electrons. The third kappa shape index (κ3) is 3.44. The second kappa shape index (κ2) is 7.69. The van der Waals surface area contributed by atoms with Gasteiger partial charge in [0.15, 0.2) is 17.3 Å². The van der Waals surface area contributed by atoms with Crippen LogP contribution in [-0.4, -0.2) is 29.8 Å². The number of rotatable bonds is 4. The number of para-hydroxylation sites is 1. The highest BCUT2D eigenvalue weighted by Gasteiger charge is 2.43. The van der Waals surface area contributed by atoms with Gasteiger partial charge in [-0.2, -0.15) is 0 Å². The van der Waals surface area contributed by atoms with Gasteiger partial charge in [0.2, 0.25) is 0 Å². The maximum Gasteiger partial charge on any atom is 0.277 e. The zero-order valence-corrected chi connectivity index (χ0v) is 19.2. The van der Waals surface area contributed by atoms with Crippen molar-refractivity contribution in [3.8, 4) is 17.2 Å². The van der Waals surface area contributed by atoms with Crippen LogP contribution in [0.3, 0.4) is 0 Å². The molecule has 33 heavy (non-hydrogen) atoms. The lowest BCUT2D eigenvalue weighted by atomic mass is 9.69. The Balaban J connectivity index is 1.75. The molecule has 0 spiro atoms. The zero-order chi connectivity index (χ0) is 23.3. The number of carbonyl (C=O) groups excluding carboxylic acids is 1. The van der Waals surface area contributed by atoms with Crippen molar-refractivity contribution in [1.82, 2.24) is 9.78 Å². The number of hydrogen-bond acceptors (Lipinski definition) is 5. The molecule has 0 amide bonds. The summed E-state index contributed by atoms with van der Waals surface area (Å²) in [6, 6.07) is 15.0. The minimum Gasteiger partial charge on any atom is -0.493 e. The van der Waals surface area contributed by atoms with Crippen molar-refractivity contribution >= 4 is 11.6 Å². The summed E-state index contributed by atoms with van der Waals surface area (Å²) < 4.78 is 12.5. The summed E-state index contributed by atoms with van der Waals surface area (Å²) in [7, 11) is 3.16. The van der Waals surface area contributed by atoms with E-state index in [2.05, 4.69) is 24.3 Å². The summed E-state index contributed by atoms with van der Waals surface area (Å²) in [5.41, 5.74) is 3.24. The van der Waals surface area contributed by atoms with Gasteiger partial charge in [0.25, 0.3) is 5.56 Å². The molecule has 5 rings (SSSR count). The molecule has 170 valence electrons. The van der Waals surface area contributed by atoms with E-state index in [-0.39, 0.29) is 16.8 Å². The normalized spacial score (nSPS) is 18.9. The maximum absolute atomic E-state index is 13.7. The molecule has 2 aliphatic rings. The highest BCUT2D eigenvalue weighted by atomic mass is 16.5. The molecule has 0 saturated heterocycles. The first kappa shape index (κ1) is 21.1. The van der Waals surface area contributed by atoms with E-state index >= 15 is 0 Å². The number of ketones is 1. The topological polar surface area (TPSA) is 85.4 Å². The highest BCUT2D eigenvalue weighted by Crippen LogP contribution is 2.48. The number of H-pyrrole nitrogens is 1. The van der Waals surface area contributed by atoms with Gasteiger partial charge in [0.05, 0.1) is 25.5 Å². The van der Waals surface area contributed by atoms with Gasteiger partial charge in [-0.1, -0.05) is 38.1 Å². The summed E-state index contributed by atoms with van der Waals surface area (Å²) >= 11 is 0. The summed E-state index contributed by atoms with van der Waals surface area (Å²) in [5.74, 6) is 1.32. The van der Waals surface area contributed by atoms with Crippen LogP contribution in [-0.2, 0) is 4.79 Å². The Hall–Kier alpha value is -3.74. The summed E-state index contributed by atoms with van der Waals surface area (Å²) in [6.07, 6.45) is 1.15. The van der Waals surface area contributed by atoms with Gasteiger partial charge >= 0.3 is 0 Å². The number of benzene rings is 2. The fraction of sp³-hybridized carbons (Fsp3) is 0.308. The second-order valence-corrected chi connectivity index (χ2v) is 9.38. The predicted molar refractivity (Wildman–Crippen MR) is 126 cm³/mol. The predicted octanol–water partition coefficient (Wildman–Crippen LogP) is 4.38. The number of carbonyl (C=O) groups is 1. The Bertz CT molecular complexity index is 1330. The molecule has 1 aromatic heterocycles. The minimum atomic E-state index is -0.506. The molecule has 0 unspecified atom stereocenters. The van der Waals surface area contributed by atoms with Gasteiger partial charge in [-0.3, -0.25) is 14.7 Å². The molecule has 0 fully saturated rings. The number of methoxy groups -OCH3 is 2. The highest BCUT2D eigenvalue weighted by molar-refractivity contribution is 6.01. The van der Waals surface area contributed by atoms with Crippen molar-refractivity contribution < 1.29 is 14.3 Å². The molecule has 3 aromatic rings. The standard InChI is InChI=1S/C26H27N3O4/c1-26(2)13-17-22(18(30)14-26)21(15-10-11-19(32-3)20(12-15)33-4)23-24(27-17)28-29(25(23)31)16-8-6-5-7-9-16/h5-12,21,27-28H,13-14H2,1-4H3/t21-/m0/s1. The first-order valence-electron chi connectivity index (χ1n) is 11.0. The van der Waals surface area contributed by atoms with E-state index < -0.39 is 5.92 Å². The summed E-state index contributed by atoms with van der Waals surface area (Å²) in [5, 5.41) is 6.63. The molecule has 1 atom stereocenters. The Kier molecular flexibility index (Phi) is 4.92. The Morgan fingerprint density at radius 1 is 0.970 bits per heavy atom. The lowest BCUT2D eigenvalue weighted by molar-refractivity contribution is -0.118. The van der Waals surface area contributed by atoms with Crippen LogP contribution in [0.25, 0.3) is 5.69 Å². The van der Waals surface area contributed by atoms with Crippen LogP contribution >= 0.6 is 0 Å². The first-order chi connectivity index (χ1) is 15.8. The van der Waals surface area contributed by atoms with Crippen LogP contribution in [0.4, 0.5) is 5.82 Å². The number of aromatic nitrogens is 2. The van der Waals surface area contributed by atoms with Gasteiger partial charge in [0, 0.05) is 23.6 Å². The maximum atomic E-state index is 13.7. The molecule has 2 heterocycles. The third-order valence-corrected chi connectivity index (χ3v) is 6.45. The van der Waals surface area contributed by atoms with Crippen molar-refractivity contribution in [3.05, 3.63) is 81.3 Å². The number of fused-ring (bicyclic) bond motifs is 1. The third-order valence-electron chi connectivity index (χ3n) is 6.45. The van der Waals surface area contributed by atoms with Gasteiger partial charge in [-0.15, -0.1) is 0 Å². The molecule has 1 aliphatic heterocycles. The molecule has 2 N–H and O–H groups in total. The first-order valence-corrected chi connectivity index (χ1v) is 11.0. The van der Waals surface area contributed by atoms with E-state index in [1.54, 1.807) is 14.2 Å². The lowest BCUT2D eigenvalue weighted by Crippen LogP contribution is -2.35. The van der Waals surface area contributed by atoms with Gasteiger partial charge in [0.1, 0.15) is 5.82 Å². The number of hydrogen-bond donors (Lipinski definition) is 2. The van der Waals surface area contributed by atoms with Gasteiger partial charge < -0.3 is 14.8 Å². The molecule has 7 heteroatoms. The number of Topliss-reactive ketones (excluding diaryl/α,β-unsaturated/α-hetero) is 1. The molecule has 0 bridgehead atoms. The Labute approximate surface area is 192 Å². The summed E-state index contributed by atoms with van der Waals surface area (Å²) in [6.45, 7) is 4.18. The number of anilines is 1. The van der Waals surface area contributed by atoms with E-state index in [9.17, 15) is 9.59 Å². The fourth-order valence-electron chi connectivity index (χ4n) is 5.01. The quantitative estimate of drug-likeness (QED) is 0.622. The number of nitrogens with zero attached hydrogens (tertiary/aromatic N) is 1. The lowest BCUT2D eigenvalue weighted by Gasteiger charge is -2.37. The van der Waals surface area contributed by atoms with Crippen LogP contribution < -0.4 is 20.3 Å². The van der Waals surface area contributed by atoms with Crippen molar-refractivity contribution in [2.45, 2.75) is 32.6 Å². The zero-order valence-electron chi connectivity index (χ0n) is 19.2. The van der Waals surface area contributed by atoms with Crippen molar-refractivity contribution in [3.63, 3.8) is 0 Å². The molecular formula is C26H27N3O4. The van der Waals surface area contributed by atoms with Crippen LogP contribution in [0.5, 0.6) is 11.5 Å². The molecule has 2 aromatic carbocycles. The molecule has 7 nitrogen and oxygen atoms in total. The van der Waals surface area contributed by atoms with E-state index in [1.807, 2.05) is 48.5 Å². The fourth-order valence-corrected chi connectivity index (χ4v) is 5.01. The smallest absolute Gasteiger partial charge is 0.277 e. The number of ether oxygens (including phenoxy) is 2. The molecule has 0 saturated carbocycles. The SMILES string of the molecule is COc1ccc([C@H]2C3=C(CC(C)(C)CC3=O)Nc3[nH]n(-c4ccccc4)c(=O)c32)cc1OC. The average Bonchev–Trinajstić information content (AvgIpc) is 3.13. The van der Waals surface area contributed by atoms with E-state index in [4.69, 9.17) is 9.47 Å². The van der Waals surface area contributed by atoms with Crippen LogP contribution in [0.2, 0.25) is 0 Å². The van der Waals surface area contributed by atoms with E-state index in [0.717, 1.165) is 23.4 Å². The minimum absolute atomic E-state index is 0.0612. The molecular weight excluding hydrogens is 418 g/mol. The Morgan fingerprint density at radius 2 is 1.70 bits per heavy atom. The largest absolute Gasteiger partial charge is 0.493 e. The second-order valence-electron chi connectivity index (χ2n) is 9.38. The van der Waals surface area contributed by atoms with Crippen LogP contribution in [0, 0.1) is 5.41 Å². The number of nitrogens with one attached hydrogen (secondary N) is 2. The van der Waals surface area contributed by atoms with E-state index in [0.29, 0.717) is 34.9 Å². The molecule has 1 aliphatic carbocycles. The van der Waals surface area contributed by atoms with Crippen molar-refractivity contribution in [2.75, 3.05) is 19.5 Å². The van der Waals surface area contributed by atoms with Crippen LogP contribution in [0.15, 0.2) is 64.6 Å². The van der Waals surface area contributed by atoms with Gasteiger partial charge in [-0.25, -0.2) is 4.68 Å². The van der Waals surface area contributed by atoms with Crippen molar-refractivity contribution in [2.24, 2.45) is 5.41 Å². The van der Waals surface area contributed by atoms with E-state index in [1.165, 1.54) is 4.68 Å². The monoisotopic (exact) mass is 445 g/mol. The van der Waals surface area contributed by atoms with Gasteiger partial charge in [-0.05, 0) is 41.7 Å². The number of aromatic amines is 1. The van der Waals surface area contributed by atoms with Crippen LogP contribution in [0.1, 0.15) is 43.7 Å². The Morgan fingerprint density at radius 3 is 2.39 bits per heavy atom.